The summed E-state index contributed by atoms with van der Waals surface area (Å²) in [4.78, 5) is 18.5. The molecule has 0 saturated carbocycles. The Hall–Kier alpha value is -2.84. The monoisotopic (exact) mass is 310 g/mol. The number of hydrogen-bond donors (Lipinski definition) is 1. The van der Waals surface area contributed by atoms with E-state index in [0.717, 1.165) is 11.3 Å². The summed E-state index contributed by atoms with van der Waals surface area (Å²) in [7, 11) is 0. The van der Waals surface area contributed by atoms with E-state index in [1.807, 2.05) is 18.2 Å². The molecule has 0 radical (unpaired) electrons. The van der Waals surface area contributed by atoms with Crippen LogP contribution < -0.4 is 5.56 Å². The van der Waals surface area contributed by atoms with Gasteiger partial charge in [0.1, 0.15) is 11.6 Å². The largest absolute Gasteiger partial charge is 0.325 e. The average molecular weight is 311 g/mol. The molecule has 22 heavy (non-hydrogen) atoms. The quantitative estimate of drug-likeness (QED) is 0.790. The lowest BCUT2D eigenvalue weighted by Gasteiger charge is -2.09. The number of H-pyrrole nitrogens is 1. The van der Waals surface area contributed by atoms with E-state index >= 15 is 0 Å². The first-order chi connectivity index (χ1) is 10.6. The number of aromatic amines is 1. The van der Waals surface area contributed by atoms with Gasteiger partial charge in [0, 0.05) is 23.7 Å². The zero-order valence-corrected chi connectivity index (χ0v) is 12.4. The fourth-order valence-electron chi connectivity index (χ4n) is 2.31. The van der Waals surface area contributed by atoms with Crippen molar-refractivity contribution in [3.63, 3.8) is 0 Å². The van der Waals surface area contributed by atoms with Gasteiger partial charge in [0.2, 0.25) is 0 Å². The van der Waals surface area contributed by atoms with E-state index in [9.17, 15) is 10.1 Å². The van der Waals surface area contributed by atoms with Crippen molar-refractivity contribution in [1.82, 2.24) is 14.5 Å². The molecule has 2 aromatic heterocycles. The first kappa shape index (κ1) is 14.1. The molecule has 6 heteroatoms. The van der Waals surface area contributed by atoms with Crippen LogP contribution in [0.2, 0.25) is 5.02 Å². The number of aryl methyl sites for hydroxylation is 1. The molecule has 0 atom stereocenters. The number of pyridine rings is 1. The summed E-state index contributed by atoms with van der Waals surface area (Å²) in [6.07, 6.45) is 5.11. The number of nitriles is 1. The summed E-state index contributed by atoms with van der Waals surface area (Å²) in [5.41, 5.74) is 2.45. The molecule has 0 spiro atoms. The number of hydrogen-bond acceptors (Lipinski definition) is 3. The highest BCUT2D eigenvalue weighted by molar-refractivity contribution is 6.32. The molecule has 0 aliphatic carbocycles. The molecule has 0 saturated heterocycles. The summed E-state index contributed by atoms with van der Waals surface area (Å²) in [5.74, 6) is 0. The second-order valence-corrected chi connectivity index (χ2v) is 5.23. The molecule has 0 amide bonds. The highest BCUT2D eigenvalue weighted by atomic mass is 35.5. The standard InChI is InChI=1S/C16H11ClN4O/c1-10-6-12(13(8-18)16(22)20-10)11-2-3-15(14(17)7-11)21-5-4-19-9-21/h2-7,9H,1H3,(H,20,22). The number of nitrogens with zero attached hydrogens (tertiary/aromatic N) is 3. The van der Waals surface area contributed by atoms with E-state index in [1.165, 1.54) is 0 Å². The maximum atomic E-state index is 11.9. The van der Waals surface area contributed by atoms with Crippen LogP contribution in [-0.4, -0.2) is 14.5 Å². The highest BCUT2D eigenvalue weighted by Crippen LogP contribution is 2.29. The number of rotatable bonds is 2. The average Bonchev–Trinajstić information content (AvgIpc) is 3.00. The molecule has 108 valence electrons. The number of benzene rings is 1. The summed E-state index contributed by atoms with van der Waals surface area (Å²) in [6, 6.07) is 9.12. The minimum atomic E-state index is -0.396. The normalized spacial score (nSPS) is 10.4. The van der Waals surface area contributed by atoms with E-state index in [0.29, 0.717) is 16.3 Å². The van der Waals surface area contributed by atoms with Crippen molar-refractivity contribution in [3.8, 4) is 22.9 Å². The molecule has 0 unspecified atom stereocenters. The first-order valence-corrected chi connectivity index (χ1v) is 6.90. The lowest BCUT2D eigenvalue weighted by atomic mass is 10.0. The second kappa shape index (κ2) is 5.51. The summed E-state index contributed by atoms with van der Waals surface area (Å²) >= 11 is 6.33. The smallest absolute Gasteiger partial charge is 0.266 e. The van der Waals surface area contributed by atoms with Crippen LogP contribution in [0.15, 0.2) is 47.8 Å². The van der Waals surface area contributed by atoms with E-state index in [1.54, 1.807) is 42.3 Å². The minimum Gasteiger partial charge on any atom is -0.325 e. The molecule has 1 aromatic carbocycles. The number of imidazole rings is 1. The Morgan fingerprint density at radius 3 is 2.82 bits per heavy atom. The molecule has 0 fully saturated rings. The molecule has 5 nitrogen and oxygen atoms in total. The van der Waals surface area contributed by atoms with Gasteiger partial charge < -0.3 is 9.55 Å². The molecule has 0 bridgehead atoms. The van der Waals surface area contributed by atoms with Crippen molar-refractivity contribution >= 4 is 11.6 Å². The maximum Gasteiger partial charge on any atom is 0.266 e. The Bertz CT molecular complexity index is 936. The van der Waals surface area contributed by atoms with Gasteiger partial charge in [-0.15, -0.1) is 0 Å². The lowest BCUT2D eigenvalue weighted by molar-refractivity contribution is 1.06. The predicted molar refractivity (Wildman–Crippen MR) is 84.1 cm³/mol. The van der Waals surface area contributed by atoms with Crippen LogP contribution in [0.3, 0.4) is 0 Å². The molecule has 3 rings (SSSR count). The zero-order chi connectivity index (χ0) is 15.7. The topological polar surface area (TPSA) is 74.5 Å². The van der Waals surface area contributed by atoms with Crippen LogP contribution in [0.5, 0.6) is 0 Å². The van der Waals surface area contributed by atoms with Crippen LogP contribution in [0, 0.1) is 18.3 Å². The molecule has 1 N–H and O–H groups in total. The van der Waals surface area contributed by atoms with E-state index in [2.05, 4.69) is 9.97 Å². The minimum absolute atomic E-state index is 0.0806. The Balaban J connectivity index is 2.17. The van der Waals surface area contributed by atoms with Crippen molar-refractivity contribution in [1.29, 1.82) is 5.26 Å². The molecule has 3 aromatic rings. The van der Waals surface area contributed by atoms with Gasteiger partial charge in [0.15, 0.2) is 0 Å². The third kappa shape index (κ3) is 2.41. The van der Waals surface area contributed by atoms with Crippen molar-refractivity contribution in [3.05, 3.63) is 69.6 Å². The fraction of sp³-hybridized carbons (Fsp3) is 0.0625. The van der Waals surface area contributed by atoms with Crippen LogP contribution in [0.4, 0.5) is 0 Å². The fourth-order valence-corrected chi connectivity index (χ4v) is 2.59. The molecule has 0 aliphatic heterocycles. The van der Waals surface area contributed by atoms with Crippen LogP contribution in [-0.2, 0) is 0 Å². The maximum absolute atomic E-state index is 11.9. The summed E-state index contributed by atoms with van der Waals surface area (Å²) < 4.78 is 1.79. The van der Waals surface area contributed by atoms with Crippen molar-refractivity contribution in [2.24, 2.45) is 0 Å². The van der Waals surface area contributed by atoms with E-state index in [4.69, 9.17) is 11.6 Å². The number of halogens is 1. The Kier molecular flexibility index (Phi) is 3.53. The van der Waals surface area contributed by atoms with Gasteiger partial charge in [0.05, 0.1) is 17.0 Å². The summed E-state index contributed by atoms with van der Waals surface area (Å²) in [6.45, 7) is 1.77. The van der Waals surface area contributed by atoms with Crippen LogP contribution >= 0.6 is 11.6 Å². The Labute approximate surface area is 131 Å². The molecular formula is C16H11ClN4O. The SMILES string of the molecule is Cc1cc(-c2ccc(-n3ccnc3)c(Cl)c2)c(C#N)c(=O)[nH]1. The van der Waals surface area contributed by atoms with Crippen LogP contribution in [0.25, 0.3) is 16.8 Å². The Morgan fingerprint density at radius 2 is 2.18 bits per heavy atom. The number of nitrogens with one attached hydrogen (secondary N) is 1. The van der Waals surface area contributed by atoms with Gasteiger partial charge in [-0.1, -0.05) is 17.7 Å². The second-order valence-electron chi connectivity index (χ2n) is 4.82. The van der Waals surface area contributed by atoms with Crippen LogP contribution in [0.1, 0.15) is 11.3 Å². The molecule has 2 heterocycles. The lowest BCUT2D eigenvalue weighted by Crippen LogP contribution is -2.12. The third-order valence-corrected chi connectivity index (χ3v) is 3.62. The van der Waals surface area contributed by atoms with E-state index < -0.39 is 5.56 Å². The first-order valence-electron chi connectivity index (χ1n) is 6.52. The van der Waals surface area contributed by atoms with Gasteiger partial charge in [0.25, 0.3) is 5.56 Å². The van der Waals surface area contributed by atoms with Gasteiger partial charge >= 0.3 is 0 Å². The number of aromatic nitrogens is 3. The van der Waals surface area contributed by atoms with Gasteiger partial charge in [-0.3, -0.25) is 4.79 Å². The van der Waals surface area contributed by atoms with Crippen molar-refractivity contribution in [2.75, 3.05) is 0 Å². The third-order valence-electron chi connectivity index (χ3n) is 3.32. The molecular weight excluding hydrogens is 300 g/mol. The van der Waals surface area contributed by atoms with E-state index in [-0.39, 0.29) is 5.56 Å². The Morgan fingerprint density at radius 1 is 1.36 bits per heavy atom. The van der Waals surface area contributed by atoms with Gasteiger partial charge in [-0.05, 0) is 30.7 Å². The van der Waals surface area contributed by atoms with Gasteiger partial charge in [-0.2, -0.15) is 5.26 Å². The predicted octanol–water partition coefficient (Wildman–Crippen LogP) is 3.06. The molecule has 0 aliphatic rings. The van der Waals surface area contributed by atoms with Crippen molar-refractivity contribution in [2.45, 2.75) is 6.92 Å². The zero-order valence-electron chi connectivity index (χ0n) is 11.7. The summed E-state index contributed by atoms with van der Waals surface area (Å²) in [5, 5.41) is 9.72. The highest BCUT2D eigenvalue weighted by Gasteiger charge is 2.12. The van der Waals surface area contributed by atoms with Crippen molar-refractivity contribution < 1.29 is 0 Å². The van der Waals surface area contributed by atoms with Gasteiger partial charge in [-0.25, -0.2) is 4.98 Å².